The van der Waals surface area contributed by atoms with Crippen molar-refractivity contribution in [1.82, 2.24) is 0 Å². The summed E-state index contributed by atoms with van der Waals surface area (Å²) < 4.78 is 30.3. The third-order valence-corrected chi connectivity index (χ3v) is 2.16. The molecule has 1 aromatic rings. The molecule has 0 aliphatic carbocycles. The van der Waals surface area contributed by atoms with Gasteiger partial charge in [0.05, 0.1) is 6.04 Å². The lowest BCUT2D eigenvalue weighted by atomic mass is 10.2. The van der Waals surface area contributed by atoms with Crippen LogP contribution in [0.1, 0.15) is 6.42 Å². The van der Waals surface area contributed by atoms with Crippen LogP contribution in [0.2, 0.25) is 0 Å². The molecule has 0 aliphatic heterocycles. The maximum Gasteiger partial charge on any atom is 0.241 e. The van der Waals surface area contributed by atoms with E-state index in [1.165, 1.54) is 13.2 Å². The largest absolute Gasteiger partial charge is 0.385 e. The van der Waals surface area contributed by atoms with Crippen molar-refractivity contribution in [2.75, 3.05) is 19.0 Å². The van der Waals surface area contributed by atoms with Gasteiger partial charge in [-0.3, -0.25) is 4.79 Å². The number of carbonyl (C=O) groups excluding carboxylic acids is 1. The standard InChI is InChI=1S/C11H14F2N2O2/c1-17-5-4-10(14)11(16)15-7-2-3-8(12)9(13)6-7/h2-3,6,10H,4-5,14H2,1H3,(H,15,16). The second-order valence-corrected chi connectivity index (χ2v) is 3.51. The molecule has 0 saturated heterocycles. The van der Waals surface area contributed by atoms with Crippen molar-refractivity contribution in [3.63, 3.8) is 0 Å². The molecule has 0 aromatic heterocycles. The van der Waals surface area contributed by atoms with E-state index in [9.17, 15) is 13.6 Å². The number of anilines is 1. The van der Waals surface area contributed by atoms with Crippen LogP contribution >= 0.6 is 0 Å². The number of benzene rings is 1. The highest BCUT2D eigenvalue weighted by molar-refractivity contribution is 5.94. The molecule has 0 bridgehead atoms. The van der Waals surface area contributed by atoms with E-state index in [2.05, 4.69) is 5.32 Å². The fourth-order valence-corrected chi connectivity index (χ4v) is 1.18. The van der Waals surface area contributed by atoms with E-state index in [1.54, 1.807) is 0 Å². The summed E-state index contributed by atoms with van der Waals surface area (Å²) in [4.78, 5) is 11.5. The van der Waals surface area contributed by atoms with Crippen LogP contribution in [0.4, 0.5) is 14.5 Å². The van der Waals surface area contributed by atoms with Crippen molar-refractivity contribution in [2.45, 2.75) is 12.5 Å². The molecule has 0 saturated carbocycles. The average Bonchev–Trinajstić information content (AvgIpc) is 2.30. The Morgan fingerprint density at radius 2 is 2.18 bits per heavy atom. The van der Waals surface area contributed by atoms with Gasteiger partial charge in [-0.15, -0.1) is 0 Å². The van der Waals surface area contributed by atoms with Crippen LogP contribution in [0.3, 0.4) is 0 Å². The lowest BCUT2D eigenvalue weighted by Crippen LogP contribution is -2.36. The molecule has 1 aromatic carbocycles. The normalized spacial score (nSPS) is 12.2. The van der Waals surface area contributed by atoms with Gasteiger partial charge in [-0.05, 0) is 18.6 Å². The predicted octanol–water partition coefficient (Wildman–Crippen LogP) is 1.27. The number of nitrogens with one attached hydrogen (secondary N) is 1. The minimum absolute atomic E-state index is 0.168. The molecule has 0 radical (unpaired) electrons. The number of hydrogen-bond acceptors (Lipinski definition) is 3. The number of nitrogens with two attached hydrogens (primary N) is 1. The smallest absolute Gasteiger partial charge is 0.241 e. The second kappa shape index (κ2) is 6.27. The van der Waals surface area contributed by atoms with E-state index < -0.39 is 23.6 Å². The fraction of sp³-hybridized carbons (Fsp3) is 0.364. The highest BCUT2D eigenvalue weighted by atomic mass is 19.2. The quantitative estimate of drug-likeness (QED) is 0.819. The Hall–Kier alpha value is -1.53. The molecule has 0 fully saturated rings. The van der Waals surface area contributed by atoms with Crippen molar-refractivity contribution in [1.29, 1.82) is 0 Å². The van der Waals surface area contributed by atoms with E-state index in [1.807, 2.05) is 0 Å². The average molecular weight is 244 g/mol. The SMILES string of the molecule is COCCC(N)C(=O)Nc1ccc(F)c(F)c1. The van der Waals surface area contributed by atoms with Gasteiger partial charge in [0.1, 0.15) is 0 Å². The Kier molecular flexibility index (Phi) is 4.99. The second-order valence-electron chi connectivity index (χ2n) is 3.51. The van der Waals surface area contributed by atoms with Crippen LogP contribution in [-0.4, -0.2) is 25.7 Å². The summed E-state index contributed by atoms with van der Waals surface area (Å²) in [5, 5.41) is 2.39. The number of rotatable bonds is 5. The van der Waals surface area contributed by atoms with Gasteiger partial charge in [0.15, 0.2) is 11.6 Å². The number of hydrogen-bond donors (Lipinski definition) is 2. The summed E-state index contributed by atoms with van der Waals surface area (Å²) in [6.07, 6.45) is 0.353. The molecule has 94 valence electrons. The van der Waals surface area contributed by atoms with Crippen molar-refractivity contribution >= 4 is 11.6 Å². The molecule has 6 heteroatoms. The van der Waals surface area contributed by atoms with Gasteiger partial charge < -0.3 is 15.8 Å². The zero-order chi connectivity index (χ0) is 12.8. The van der Waals surface area contributed by atoms with Crippen LogP contribution in [0.15, 0.2) is 18.2 Å². The molecule has 0 heterocycles. The molecular weight excluding hydrogens is 230 g/mol. The first-order valence-electron chi connectivity index (χ1n) is 5.05. The molecule has 17 heavy (non-hydrogen) atoms. The van der Waals surface area contributed by atoms with Crippen molar-refractivity contribution in [3.8, 4) is 0 Å². The number of ether oxygens (including phenoxy) is 1. The Morgan fingerprint density at radius 3 is 2.76 bits per heavy atom. The summed E-state index contributed by atoms with van der Waals surface area (Å²) in [6.45, 7) is 0.354. The molecule has 1 unspecified atom stereocenters. The number of methoxy groups -OCH3 is 1. The third kappa shape index (κ3) is 4.08. The van der Waals surface area contributed by atoms with Gasteiger partial charge in [-0.2, -0.15) is 0 Å². The molecular formula is C11H14F2N2O2. The molecule has 1 amide bonds. The van der Waals surface area contributed by atoms with Crippen LogP contribution in [0, 0.1) is 11.6 Å². The minimum Gasteiger partial charge on any atom is -0.385 e. The van der Waals surface area contributed by atoms with Crippen molar-refractivity contribution < 1.29 is 18.3 Å². The molecule has 0 spiro atoms. The van der Waals surface area contributed by atoms with Gasteiger partial charge in [0.2, 0.25) is 5.91 Å². The number of halogens is 2. The van der Waals surface area contributed by atoms with E-state index in [0.717, 1.165) is 12.1 Å². The Morgan fingerprint density at radius 1 is 1.47 bits per heavy atom. The molecule has 1 atom stereocenters. The topological polar surface area (TPSA) is 64.3 Å². The van der Waals surface area contributed by atoms with Crippen molar-refractivity contribution in [3.05, 3.63) is 29.8 Å². The summed E-state index contributed by atoms with van der Waals surface area (Å²) >= 11 is 0. The van der Waals surface area contributed by atoms with Gasteiger partial charge in [0, 0.05) is 25.5 Å². The Labute approximate surface area is 97.8 Å². The maximum absolute atomic E-state index is 12.9. The first-order chi connectivity index (χ1) is 8.04. The fourth-order valence-electron chi connectivity index (χ4n) is 1.18. The van der Waals surface area contributed by atoms with Crippen molar-refractivity contribution in [2.24, 2.45) is 5.73 Å². The highest BCUT2D eigenvalue weighted by Crippen LogP contribution is 2.13. The molecule has 0 aliphatic rings. The molecule has 4 nitrogen and oxygen atoms in total. The lowest BCUT2D eigenvalue weighted by molar-refractivity contribution is -0.117. The Balaban J connectivity index is 2.58. The van der Waals surface area contributed by atoms with Crippen LogP contribution < -0.4 is 11.1 Å². The lowest BCUT2D eigenvalue weighted by Gasteiger charge is -2.11. The van der Waals surface area contributed by atoms with E-state index in [4.69, 9.17) is 10.5 Å². The zero-order valence-corrected chi connectivity index (χ0v) is 9.37. The third-order valence-electron chi connectivity index (χ3n) is 2.16. The molecule has 1 rings (SSSR count). The van der Waals surface area contributed by atoms with Crippen LogP contribution in [0.25, 0.3) is 0 Å². The summed E-state index contributed by atoms with van der Waals surface area (Å²) in [5.74, 6) is -2.45. The highest BCUT2D eigenvalue weighted by Gasteiger charge is 2.13. The van der Waals surface area contributed by atoms with E-state index >= 15 is 0 Å². The van der Waals surface area contributed by atoms with Crippen LogP contribution in [-0.2, 0) is 9.53 Å². The summed E-state index contributed by atoms with van der Waals surface area (Å²) in [6, 6.07) is 2.35. The summed E-state index contributed by atoms with van der Waals surface area (Å²) in [7, 11) is 1.50. The van der Waals surface area contributed by atoms with Gasteiger partial charge in [-0.25, -0.2) is 8.78 Å². The van der Waals surface area contributed by atoms with Gasteiger partial charge in [-0.1, -0.05) is 0 Å². The van der Waals surface area contributed by atoms with Crippen LogP contribution in [0.5, 0.6) is 0 Å². The van der Waals surface area contributed by atoms with E-state index in [-0.39, 0.29) is 5.69 Å². The monoisotopic (exact) mass is 244 g/mol. The maximum atomic E-state index is 12.9. The first-order valence-corrected chi connectivity index (χ1v) is 5.05. The number of amides is 1. The zero-order valence-electron chi connectivity index (χ0n) is 9.37. The molecule has 3 N–H and O–H groups in total. The van der Waals surface area contributed by atoms with Gasteiger partial charge >= 0.3 is 0 Å². The van der Waals surface area contributed by atoms with E-state index in [0.29, 0.717) is 13.0 Å². The van der Waals surface area contributed by atoms with Gasteiger partial charge in [0.25, 0.3) is 0 Å². The predicted molar refractivity (Wildman–Crippen MR) is 59.5 cm³/mol. The Bertz CT molecular complexity index is 399. The minimum atomic E-state index is -1.02. The first kappa shape index (κ1) is 13.5. The summed E-state index contributed by atoms with van der Waals surface area (Å²) in [5.41, 5.74) is 5.73. The number of carbonyl (C=O) groups is 1.